The summed E-state index contributed by atoms with van der Waals surface area (Å²) in [4.78, 5) is 23.2. The zero-order valence-corrected chi connectivity index (χ0v) is 18.6. The molecule has 1 atom stereocenters. The van der Waals surface area contributed by atoms with Crippen LogP contribution in [0, 0.1) is 5.92 Å². The van der Waals surface area contributed by atoms with Gasteiger partial charge in [-0.15, -0.1) is 0 Å². The number of ether oxygens (including phenoxy) is 2. The van der Waals surface area contributed by atoms with E-state index in [0.29, 0.717) is 31.4 Å². The molecule has 4 rings (SSSR count). The van der Waals surface area contributed by atoms with Crippen molar-refractivity contribution < 1.29 is 18.7 Å². The molecule has 2 aromatic heterocycles. The maximum Gasteiger partial charge on any atom is 0.273 e. The van der Waals surface area contributed by atoms with Gasteiger partial charge in [-0.25, -0.2) is 4.98 Å². The lowest BCUT2D eigenvalue weighted by Gasteiger charge is -2.30. The minimum Gasteiger partial charge on any atom is -0.454 e. The first-order chi connectivity index (χ1) is 15.5. The van der Waals surface area contributed by atoms with Crippen molar-refractivity contribution in [3.63, 3.8) is 0 Å². The van der Waals surface area contributed by atoms with Crippen molar-refractivity contribution in [3.05, 3.63) is 71.7 Å². The van der Waals surface area contributed by atoms with E-state index in [2.05, 4.69) is 41.0 Å². The molecular formula is C24H28N4O4. The summed E-state index contributed by atoms with van der Waals surface area (Å²) in [6.45, 7) is 8.38. The van der Waals surface area contributed by atoms with Gasteiger partial charge in [-0.05, 0) is 42.2 Å². The number of hydrogen-bond acceptors (Lipinski definition) is 7. The van der Waals surface area contributed by atoms with Crippen LogP contribution in [0.15, 0.2) is 53.4 Å². The summed E-state index contributed by atoms with van der Waals surface area (Å²) in [6, 6.07) is 10.0. The lowest BCUT2D eigenvalue weighted by Crippen LogP contribution is -2.36. The molecule has 1 unspecified atom stereocenters. The highest BCUT2D eigenvalue weighted by atomic mass is 16.7. The Kier molecular flexibility index (Phi) is 6.70. The molecule has 1 aliphatic rings. The van der Waals surface area contributed by atoms with E-state index in [0.717, 1.165) is 22.6 Å². The van der Waals surface area contributed by atoms with Gasteiger partial charge in [-0.3, -0.25) is 14.7 Å². The van der Waals surface area contributed by atoms with E-state index in [1.165, 1.54) is 6.26 Å². The molecule has 0 saturated heterocycles. The van der Waals surface area contributed by atoms with Gasteiger partial charge < -0.3 is 19.2 Å². The summed E-state index contributed by atoms with van der Waals surface area (Å²) in [6.07, 6.45) is 4.82. The Bertz CT molecular complexity index is 1050. The summed E-state index contributed by atoms with van der Waals surface area (Å²) < 4.78 is 16.6. The Labute approximate surface area is 187 Å². The molecule has 0 aliphatic carbocycles. The Hall–Kier alpha value is -3.39. The van der Waals surface area contributed by atoms with Crippen molar-refractivity contribution in [2.45, 2.75) is 46.4 Å². The average Bonchev–Trinajstić information content (AvgIpc) is 3.46. The van der Waals surface area contributed by atoms with Crippen molar-refractivity contribution in [3.8, 4) is 11.5 Å². The predicted molar refractivity (Wildman–Crippen MR) is 118 cm³/mol. The van der Waals surface area contributed by atoms with Crippen molar-refractivity contribution in [1.82, 2.24) is 20.2 Å². The molecule has 1 aliphatic heterocycles. The number of aromatic nitrogens is 2. The number of carbonyl (C=O) groups is 1. The Morgan fingerprint density at radius 1 is 1.12 bits per heavy atom. The molecule has 8 nitrogen and oxygen atoms in total. The van der Waals surface area contributed by atoms with Crippen LogP contribution < -0.4 is 14.8 Å². The zero-order chi connectivity index (χ0) is 22.5. The van der Waals surface area contributed by atoms with Gasteiger partial charge >= 0.3 is 0 Å². The van der Waals surface area contributed by atoms with Crippen LogP contribution in [0.4, 0.5) is 0 Å². The maximum atomic E-state index is 12.5. The van der Waals surface area contributed by atoms with Gasteiger partial charge in [0.25, 0.3) is 5.91 Å². The van der Waals surface area contributed by atoms with Crippen LogP contribution in [0.3, 0.4) is 0 Å². The molecule has 8 heteroatoms. The van der Waals surface area contributed by atoms with Crippen LogP contribution in [0.1, 0.15) is 48.3 Å². The summed E-state index contributed by atoms with van der Waals surface area (Å²) >= 11 is 0. The topological polar surface area (TPSA) is 89.7 Å². The summed E-state index contributed by atoms with van der Waals surface area (Å²) in [5.41, 5.74) is 2.30. The maximum absolute atomic E-state index is 12.5. The predicted octanol–water partition coefficient (Wildman–Crippen LogP) is 3.78. The highest BCUT2D eigenvalue weighted by Crippen LogP contribution is 2.33. The lowest BCUT2D eigenvalue weighted by molar-refractivity contribution is 0.0945. The van der Waals surface area contributed by atoms with Crippen LogP contribution in [0.25, 0.3) is 0 Å². The fraction of sp³-hybridized carbons (Fsp3) is 0.375. The van der Waals surface area contributed by atoms with E-state index in [4.69, 9.17) is 13.9 Å². The van der Waals surface area contributed by atoms with E-state index in [1.54, 1.807) is 12.4 Å². The van der Waals surface area contributed by atoms with E-state index in [-0.39, 0.29) is 24.4 Å². The van der Waals surface area contributed by atoms with Crippen LogP contribution in [-0.2, 0) is 19.6 Å². The standard InChI is InChI=1S/C24H28N4O4/c1-16(2)17(3)28(12-18-6-7-21-22(9-18)32-15-31-21)13-23-27-20(14-30-23)24(29)26-11-19-5-4-8-25-10-19/h4-10,14,16-17H,11-13,15H2,1-3H3,(H,26,29). The number of hydrogen-bond donors (Lipinski definition) is 1. The number of amides is 1. The monoisotopic (exact) mass is 436 g/mol. The van der Waals surface area contributed by atoms with Crippen LogP contribution in [0.5, 0.6) is 11.5 Å². The molecule has 3 heterocycles. The molecule has 1 aromatic carbocycles. The normalized spacial score (nSPS) is 13.5. The molecular weight excluding hydrogens is 408 g/mol. The first kappa shape index (κ1) is 21.8. The fourth-order valence-electron chi connectivity index (χ4n) is 3.48. The second kappa shape index (κ2) is 9.82. The first-order valence-corrected chi connectivity index (χ1v) is 10.7. The molecule has 0 fully saturated rings. The van der Waals surface area contributed by atoms with Crippen molar-refractivity contribution in [2.24, 2.45) is 5.92 Å². The van der Waals surface area contributed by atoms with Crippen molar-refractivity contribution >= 4 is 5.91 Å². The van der Waals surface area contributed by atoms with Crippen molar-refractivity contribution in [2.75, 3.05) is 6.79 Å². The minimum atomic E-state index is -0.275. The number of rotatable bonds is 9. The number of fused-ring (bicyclic) bond motifs is 1. The van der Waals surface area contributed by atoms with Crippen LogP contribution in [-0.4, -0.2) is 33.6 Å². The molecule has 3 aromatic rings. The first-order valence-electron chi connectivity index (χ1n) is 10.7. The van der Waals surface area contributed by atoms with Gasteiger partial charge in [-0.1, -0.05) is 26.0 Å². The minimum absolute atomic E-state index is 0.257. The van der Waals surface area contributed by atoms with E-state index in [9.17, 15) is 4.79 Å². The number of nitrogens with zero attached hydrogens (tertiary/aromatic N) is 3. The smallest absolute Gasteiger partial charge is 0.273 e. The number of benzene rings is 1. The third-order valence-corrected chi connectivity index (χ3v) is 5.66. The third kappa shape index (κ3) is 5.26. The summed E-state index contributed by atoms with van der Waals surface area (Å²) in [5, 5.41) is 2.85. The van der Waals surface area contributed by atoms with Gasteiger partial charge in [-0.2, -0.15) is 0 Å². The molecule has 32 heavy (non-hydrogen) atoms. The summed E-state index contributed by atoms with van der Waals surface area (Å²) in [5.74, 6) is 2.20. The Balaban J connectivity index is 1.42. The largest absolute Gasteiger partial charge is 0.454 e. The van der Waals surface area contributed by atoms with E-state index >= 15 is 0 Å². The zero-order valence-electron chi connectivity index (χ0n) is 18.6. The van der Waals surface area contributed by atoms with E-state index < -0.39 is 0 Å². The fourth-order valence-corrected chi connectivity index (χ4v) is 3.48. The van der Waals surface area contributed by atoms with E-state index in [1.807, 2.05) is 30.3 Å². The average molecular weight is 437 g/mol. The number of carbonyl (C=O) groups excluding carboxylic acids is 1. The number of oxazole rings is 1. The molecule has 0 saturated carbocycles. The second-order valence-electron chi connectivity index (χ2n) is 8.25. The molecule has 0 radical (unpaired) electrons. The Morgan fingerprint density at radius 2 is 1.97 bits per heavy atom. The molecule has 1 N–H and O–H groups in total. The van der Waals surface area contributed by atoms with Crippen molar-refractivity contribution in [1.29, 1.82) is 0 Å². The van der Waals surface area contributed by atoms with Gasteiger partial charge in [0.15, 0.2) is 17.2 Å². The summed E-state index contributed by atoms with van der Waals surface area (Å²) in [7, 11) is 0. The highest BCUT2D eigenvalue weighted by molar-refractivity contribution is 5.91. The van der Waals surface area contributed by atoms with Gasteiger partial charge in [0.05, 0.1) is 6.54 Å². The number of nitrogens with one attached hydrogen (secondary N) is 1. The van der Waals surface area contributed by atoms with Gasteiger partial charge in [0.2, 0.25) is 12.7 Å². The molecule has 0 bridgehead atoms. The third-order valence-electron chi connectivity index (χ3n) is 5.66. The molecule has 0 spiro atoms. The number of pyridine rings is 1. The SMILES string of the molecule is CC(C)C(C)N(Cc1ccc2c(c1)OCO2)Cc1nc(C(=O)NCc2cccnc2)co1. The lowest BCUT2D eigenvalue weighted by atomic mass is 10.0. The highest BCUT2D eigenvalue weighted by Gasteiger charge is 2.22. The molecule has 168 valence electrons. The quantitative estimate of drug-likeness (QED) is 0.546. The van der Waals surface area contributed by atoms with Crippen LogP contribution >= 0.6 is 0 Å². The van der Waals surface area contributed by atoms with Crippen LogP contribution in [0.2, 0.25) is 0 Å². The molecule has 1 amide bonds. The van der Waals surface area contributed by atoms with Gasteiger partial charge in [0, 0.05) is 31.5 Å². The second-order valence-corrected chi connectivity index (χ2v) is 8.25. The van der Waals surface area contributed by atoms with Gasteiger partial charge in [0.1, 0.15) is 6.26 Å². The Morgan fingerprint density at radius 3 is 2.75 bits per heavy atom.